The lowest BCUT2D eigenvalue weighted by Gasteiger charge is -2.14. The number of methoxy groups -OCH3 is 1. The summed E-state index contributed by atoms with van der Waals surface area (Å²) in [7, 11) is 1.44. The molecule has 4 rings (SSSR count). The van der Waals surface area contributed by atoms with Gasteiger partial charge < -0.3 is 20.1 Å². The first kappa shape index (κ1) is 25.8. The van der Waals surface area contributed by atoms with Gasteiger partial charge in [-0.2, -0.15) is 0 Å². The number of urea groups is 1. The molecule has 8 nitrogen and oxygen atoms in total. The van der Waals surface area contributed by atoms with E-state index < -0.39 is 11.9 Å². The highest BCUT2D eigenvalue weighted by molar-refractivity contribution is 6.32. The maximum absolute atomic E-state index is 12.9. The number of benzene rings is 3. The summed E-state index contributed by atoms with van der Waals surface area (Å²) in [6.45, 7) is 3.78. The highest BCUT2D eigenvalue weighted by Crippen LogP contribution is 2.37. The Kier molecular flexibility index (Phi) is 7.79. The fraction of sp³-hybridized carbons (Fsp3) is 0.179. The smallest absolute Gasteiger partial charge is 0.329 e. The van der Waals surface area contributed by atoms with E-state index in [9.17, 15) is 14.4 Å². The number of halogens is 1. The fourth-order valence-corrected chi connectivity index (χ4v) is 4.08. The molecule has 3 aromatic rings. The largest absolute Gasteiger partial charge is 0.493 e. The maximum atomic E-state index is 12.9. The molecule has 0 aromatic heterocycles. The van der Waals surface area contributed by atoms with E-state index in [0.717, 1.165) is 21.6 Å². The lowest BCUT2D eigenvalue weighted by molar-refractivity contribution is -0.123. The van der Waals surface area contributed by atoms with Crippen LogP contribution in [0.1, 0.15) is 22.3 Å². The second kappa shape index (κ2) is 11.2. The van der Waals surface area contributed by atoms with Crippen LogP contribution in [0.25, 0.3) is 6.08 Å². The van der Waals surface area contributed by atoms with E-state index in [2.05, 4.69) is 10.6 Å². The van der Waals surface area contributed by atoms with Gasteiger partial charge in [-0.15, -0.1) is 0 Å². The molecule has 37 heavy (non-hydrogen) atoms. The van der Waals surface area contributed by atoms with Gasteiger partial charge in [0.05, 0.1) is 18.7 Å². The van der Waals surface area contributed by atoms with Crippen LogP contribution in [-0.4, -0.2) is 36.5 Å². The average Bonchev–Trinajstić information content (AvgIpc) is 3.11. The van der Waals surface area contributed by atoms with Gasteiger partial charge in [0.15, 0.2) is 18.1 Å². The molecule has 0 radical (unpaired) electrons. The quantitative estimate of drug-likeness (QED) is 0.320. The molecule has 2 N–H and O–H groups in total. The molecule has 3 aromatic carbocycles. The molecule has 0 saturated carbocycles. The molecular weight excluding hydrogens is 494 g/mol. The molecule has 0 spiro atoms. The molecule has 0 unspecified atom stereocenters. The lowest BCUT2D eigenvalue weighted by atomic mass is 10.1. The van der Waals surface area contributed by atoms with Crippen LogP contribution < -0.4 is 20.1 Å². The van der Waals surface area contributed by atoms with Crippen LogP contribution >= 0.6 is 11.6 Å². The minimum absolute atomic E-state index is 0.113. The number of amides is 4. The van der Waals surface area contributed by atoms with Crippen LogP contribution in [0.15, 0.2) is 66.4 Å². The van der Waals surface area contributed by atoms with E-state index in [-0.39, 0.29) is 41.3 Å². The van der Waals surface area contributed by atoms with Crippen molar-refractivity contribution in [1.82, 2.24) is 10.2 Å². The van der Waals surface area contributed by atoms with Crippen LogP contribution in [0.3, 0.4) is 0 Å². The first-order valence-corrected chi connectivity index (χ1v) is 11.9. The van der Waals surface area contributed by atoms with E-state index in [0.29, 0.717) is 11.3 Å². The third kappa shape index (κ3) is 6.29. The number of imide groups is 1. The normalized spacial score (nSPS) is 14.1. The van der Waals surface area contributed by atoms with Crippen molar-refractivity contribution in [2.24, 2.45) is 0 Å². The zero-order valence-corrected chi connectivity index (χ0v) is 21.4. The summed E-state index contributed by atoms with van der Waals surface area (Å²) in [6.07, 6.45) is 1.51. The third-order valence-corrected chi connectivity index (χ3v) is 5.91. The standard InChI is InChI=1S/C28H26ClN3O5/c1-17-7-9-21(10-8-17)30-25(33)16-37-26-22(29)12-20(14-24(26)36-3)13-23-27(34)32(28(35)31-23)15-19-6-4-5-18(2)11-19/h4-14H,15-16H2,1-3H3,(H,30,33)(H,31,35)/b23-13+. The van der Waals surface area contributed by atoms with E-state index in [1.807, 2.05) is 50.2 Å². The van der Waals surface area contributed by atoms with Gasteiger partial charge in [-0.3, -0.25) is 14.5 Å². The molecule has 1 saturated heterocycles. The molecule has 1 heterocycles. The van der Waals surface area contributed by atoms with E-state index >= 15 is 0 Å². The Balaban J connectivity index is 1.46. The molecule has 1 aliphatic rings. The summed E-state index contributed by atoms with van der Waals surface area (Å²) in [5, 5.41) is 5.54. The van der Waals surface area contributed by atoms with Crippen molar-refractivity contribution in [3.05, 3.63) is 93.6 Å². The second-order valence-corrected chi connectivity index (χ2v) is 9.01. The van der Waals surface area contributed by atoms with Gasteiger partial charge in [-0.05, 0) is 55.3 Å². The summed E-state index contributed by atoms with van der Waals surface area (Å²) < 4.78 is 11.0. The Bertz CT molecular complexity index is 1390. The van der Waals surface area contributed by atoms with Gasteiger partial charge >= 0.3 is 6.03 Å². The van der Waals surface area contributed by atoms with E-state index in [4.69, 9.17) is 21.1 Å². The van der Waals surface area contributed by atoms with Crippen molar-refractivity contribution in [3.63, 3.8) is 0 Å². The molecule has 9 heteroatoms. The fourth-order valence-electron chi connectivity index (χ4n) is 3.81. The predicted molar refractivity (Wildman–Crippen MR) is 142 cm³/mol. The average molecular weight is 520 g/mol. The van der Waals surface area contributed by atoms with Crippen molar-refractivity contribution in [1.29, 1.82) is 0 Å². The van der Waals surface area contributed by atoms with Crippen molar-refractivity contribution in [2.75, 3.05) is 19.0 Å². The minimum atomic E-state index is -0.504. The monoisotopic (exact) mass is 519 g/mol. The number of hydrogen-bond donors (Lipinski definition) is 2. The van der Waals surface area contributed by atoms with Gasteiger partial charge in [0.25, 0.3) is 11.8 Å². The first-order chi connectivity index (χ1) is 17.7. The molecule has 190 valence electrons. The molecule has 0 bridgehead atoms. The predicted octanol–water partition coefficient (Wildman–Crippen LogP) is 5.08. The Morgan fingerprint density at radius 1 is 1.05 bits per heavy atom. The number of rotatable bonds is 8. The zero-order chi connectivity index (χ0) is 26.5. The van der Waals surface area contributed by atoms with Crippen LogP contribution in [0.2, 0.25) is 5.02 Å². The highest BCUT2D eigenvalue weighted by Gasteiger charge is 2.33. The molecule has 4 amide bonds. The highest BCUT2D eigenvalue weighted by atomic mass is 35.5. The maximum Gasteiger partial charge on any atom is 0.329 e. The van der Waals surface area contributed by atoms with Crippen LogP contribution in [0.5, 0.6) is 11.5 Å². The lowest BCUT2D eigenvalue weighted by Crippen LogP contribution is -2.30. The Labute approximate surface area is 219 Å². The van der Waals surface area contributed by atoms with E-state index in [1.165, 1.54) is 13.2 Å². The Morgan fingerprint density at radius 3 is 2.51 bits per heavy atom. The minimum Gasteiger partial charge on any atom is -0.493 e. The molecule has 1 fully saturated rings. The van der Waals surface area contributed by atoms with Crippen molar-refractivity contribution >= 4 is 41.2 Å². The number of nitrogens with one attached hydrogen (secondary N) is 2. The van der Waals surface area contributed by atoms with Gasteiger partial charge in [0.2, 0.25) is 0 Å². The summed E-state index contributed by atoms with van der Waals surface area (Å²) in [4.78, 5) is 38.8. The SMILES string of the molecule is COc1cc(/C=C2/NC(=O)N(Cc3cccc(C)c3)C2=O)cc(Cl)c1OCC(=O)Nc1ccc(C)cc1. The number of carbonyl (C=O) groups excluding carboxylic acids is 3. The van der Waals surface area contributed by atoms with Crippen molar-refractivity contribution in [3.8, 4) is 11.5 Å². The topological polar surface area (TPSA) is 97.0 Å². The number of nitrogens with zero attached hydrogens (tertiary/aromatic N) is 1. The number of ether oxygens (including phenoxy) is 2. The molecule has 0 aliphatic carbocycles. The van der Waals surface area contributed by atoms with Crippen LogP contribution in [0.4, 0.5) is 10.5 Å². The Hall–Kier alpha value is -4.30. The van der Waals surface area contributed by atoms with Gasteiger partial charge in [-0.25, -0.2) is 4.79 Å². The Morgan fingerprint density at radius 2 is 1.81 bits per heavy atom. The second-order valence-electron chi connectivity index (χ2n) is 8.61. The summed E-state index contributed by atoms with van der Waals surface area (Å²) in [6, 6.07) is 17.7. The van der Waals surface area contributed by atoms with Crippen LogP contribution in [-0.2, 0) is 16.1 Å². The van der Waals surface area contributed by atoms with Crippen molar-refractivity contribution in [2.45, 2.75) is 20.4 Å². The molecular formula is C28H26ClN3O5. The zero-order valence-electron chi connectivity index (χ0n) is 20.6. The van der Waals surface area contributed by atoms with Gasteiger partial charge in [0.1, 0.15) is 5.70 Å². The van der Waals surface area contributed by atoms with Gasteiger partial charge in [-0.1, -0.05) is 59.1 Å². The number of anilines is 1. The molecule has 1 aliphatic heterocycles. The van der Waals surface area contributed by atoms with E-state index in [1.54, 1.807) is 24.3 Å². The summed E-state index contributed by atoms with van der Waals surface area (Å²) in [5.41, 5.74) is 4.25. The first-order valence-electron chi connectivity index (χ1n) is 11.5. The third-order valence-electron chi connectivity index (χ3n) is 5.63. The summed E-state index contributed by atoms with van der Waals surface area (Å²) in [5.74, 6) is -0.347. The number of aryl methyl sites for hydroxylation is 2. The van der Waals surface area contributed by atoms with Crippen molar-refractivity contribution < 1.29 is 23.9 Å². The number of hydrogen-bond acceptors (Lipinski definition) is 5. The number of carbonyl (C=O) groups is 3. The van der Waals surface area contributed by atoms with Gasteiger partial charge in [0, 0.05) is 5.69 Å². The summed E-state index contributed by atoms with van der Waals surface area (Å²) >= 11 is 6.43. The molecule has 0 atom stereocenters. The van der Waals surface area contributed by atoms with Crippen LogP contribution in [0, 0.1) is 13.8 Å².